The summed E-state index contributed by atoms with van der Waals surface area (Å²) >= 11 is 0. The molecule has 0 saturated heterocycles. The number of ketones is 1. The molecule has 0 spiro atoms. The second kappa shape index (κ2) is 3.84. The van der Waals surface area contributed by atoms with Crippen molar-refractivity contribution < 1.29 is 9.21 Å². The fourth-order valence-corrected chi connectivity index (χ4v) is 2.03. The Labute approximate surface area is 104 Å². The smallest absolute Gasteiger partial charge is 0.176 e. The van der Waals surface area contributed by atoms with Gasteiger partial charge in [-0.3, -0.25) is 4.79 Å². The lowest BCUT2D eigenvalue weighted by molar-refractivity contribution is 0.101. The Morgan fingerprint density at radius 2 is 2.17 bits per heavy atom. The van der Waals surface area contributed by atoms with Crippen molar-refractivity contribution in [3.63, 3.8) is 0 Å². The van der Waals surface area contributed by atoms with Crippen molar-refractivity contribution in [3.8, 4) is 11.6 Å². The summed E-state index contributed by atoms with van der Waals surface area (Å²) in [7, 11) is 1.91. The zero-order valence-electron chi connectivity index (χ0n) is 10.2. The number of imidazole rings is 1. The lowest BCUT2D eigenvalue weighted by atomic mass is 10.1. The second-order valence-electron chi connectivity index (χ2n) is 4.23. The molecule has 0 fully saturated rings. The van der Waals surface area contributed by atoms with Crippen LogP contribution >= 0.6 is 0 Å². The first-order valence-electron chi connectivity index (χ1n) is 5.68. The molecular weight excluding hydrogens is 228 g/mol. The monoisotopic (exact) mass is 240 g/mol. The number of carbonyl (C=O) groups excluding carboxylic acids is 1. The normalized spacial score (nSPS) is 11.0. The van der Waals surface area contributed by atoms with Crippen LogP contribution in [0.5, 0.6) is 0 Å². The maximum atomic E-state index is 11.4. The van der Waals surface area contributed by atoms with Gasteiger partial charge >= 0.3 is 0 Å². The van der Waals surface area contributed by atoms with E-state index in [9.17, 15) is 4.79 Å². The molecule has 4 nitrogen and oxygen atoms in total. The highest BCUT2D eigenvalue weighted by Crippen LogP contribution is 2.24. The number of rotatable bonds is 2. The van der Waals surface area contributed by atoms with Crippen molar-refractivity contribution in [2.24, 2.45) is 7.05 Å². The number of aromatic nitrogens is 2. The summed E-state index contributed by atoms with van der Waals surface area (Å²) in [4.78, 5) is 15.9. The van der Waals surface area contributed by atoms with Gasteiger partial charge in [0.25, 0.3) is 0 Å². The summed E-state index contributed by atoms with van der Waals surface area (Å²) in [5, 5.41) is 0. The van der Waals surface area contributed by atoms with Crippen LogP contribution in [-0.4, -0.2) is 15.3 Å². The van der Waals surface area contributed by atoms with Crippen molar-refractivity contribution in [1.82, 2.24) is 9.55 Å². The minimum Gasteiger partial charge on any atom is -0.461 e. The Hall–Kier alpha value is -2.36. The van der Waals surface area contributed by atoms with Crippen LogP contribution in [0.1, 0.15) is 17.3 Å². The van der Waals surface area contributed by atoms with Crippen LogP contribution in [0.15, 0.2) is 41.0 Å². The van der Waals surface area contributed by atoms with E-state index in [4.69, 9.17) is 4.42 Å². The molecule has 4 heteroatoms. The lowest BCUT2D eigenvalue weighted by Gasteiger charge is -2.00. The SMILES string of the molecule is CC(=O)c1ccc2nc(-c3ccco3)n(C)c2c1. The number of nitrogens with zero attached hydrogens (tertiary/aromatic N) is 2. The van der Waals surface area contributed by atoms with Gasteiger partial charge in [-0.15, -0.1) is 0 Å². The van der Waals surface area contributed by atoms with Crippen molar-refractivity contribution in [2.75, 3.05) is 0 Å². The van der Waals surface area contributed by atoms with Crippen LogP contribution in [0.4, 0.5) is 0 Å². The summed E-state index contributed by atoms with van der Waals surface area (Å²) in [5.74, 6) is 1.53. The number of hydrogen-bond donors (Lipinski definition) is 0. The van der Waals surface area contributed by atoms with E-state index < -0.39 is 0 Å². The zero-order chi connectivity index (χ0) is 12.7. The summed E-state index contributed by atoms with van der Waals surface area (Å²) in [5.41, 5.74) is 2.47. The van der Waals surface area contributed by atoms with E-state index in [0.717, 1.165) is 22.6 Å². The zero-order valence-corrected chi connectivity index (χ0v) is 10.2. The van der Waals surface area contributed by atoms with Crippen LogP contribution in [0.3, 0.4) is 0 Å². The molecule has 0 unspecified atom stereocenters. The van der Waals surface area contributed by atoms with Crippen molar-refractivity contribution in [1.29, 1.82) is 0 Å². The molecule has 0 bridgehead atoms. The van der Waals surface area contributed by atoms with Gasteiger partial charge in [0.1, 0.15) is 0 Å². The van der Waals surface area contributed by atoms with Gasteiger partial charge in [-0.1, -0.05) is 0 Å². The van der Waals surface area contributed by atoms with Crippen molar-refractivity contribution >= 4 is 16.8 Å². The maximum absolute atomic E-state index is 11.4. The van der Waals surface area contributed by atoms with Gasteiger partial charge in [0.2, 0.25) is 0 Å². The van der Waals surface area contributed by atoms with E-state index in [-0.39, 0.29) is 5.78 Å². The van der Waals surface area contributed by atoms with Gasteiger partial charge in [0.05, 0.1) is 17.3 Å². The molecule has 1 aromatic carbocycles. The molecule has 0 atom stereocenters. The molecule has 0 amide bonds. The van der Waals surface area contributed by atoms with Crippen molar-refractivity contribution in [3.05, 3.63) is 42.2 Å². The molecule has 0 aliphatic heterocycles. The van der Waals surface area contributed by atoms with Crippen molar-refractivity contribution in [2.45, 2.75) is 6.92 Å². The molecule has 0 aliphatic rings. The van der Waals surface area contributed by atoms with E-state index in [2.05, 4.69) is 4.98 Å². The Kier molecular flexibility index (Phi) is 2.30. The van der Waals surface area contributed by atoms with E-state index in [1.165, 1.54) is 0 Å². The van der Waals surface area contributed by atoms with Gasteiger partial charge in [0, 0.05) is 12.6 Å². The number of hydrogen-bond acceptors (Lipinski definition) is 3. The molecule has 2 aromatic heterocycles. The highest BCUT2D eigenvalue weighted by Gasteiger charge is 2.12. The summed E-state index contributed by atoms with van der Waals surface area (Å²) in [6.45, 7) is 1.56. The topological polar surface area (TPSA) is 48.0 Å². The first-order chi connectivity index (χ1) is 8.66. The number of fused-ring (bicyclic) bond motifs is 1. The molecule has 18 heavy (non-hydrogen) atoms. The van der Waals surface area contributed by atoms with Gasteiger partial charge in [-0.2, -0.15) is 0 Å². The van der Waals surface area contributed by atoms with E-state index in [1.54, 1.807) is 19.3 Å². The molecule has 0 saturated carbocycles. The standard InChI is InChI=1S/C14H12N2O2/c1-9(17)10-5-6-11-12(8-10)16(2)14(15-11)13-4-3-7-18-13/h3-8H,1-2H3. The minimum atomic E-state index is 0.0534. The van der Waals surface area contributed by atoms with Crippen LogP contribution < -0.4 is 0 Å². The quantitative estimate of drug-likeness (QED) is 0.647. The predicted octanol–water partition coefficient (Wildman–Crippen LogP) is 3.04. The predicted molar refractivity (Wildman–Crippen MR) is 68.4 cm³/mol. The molecule has 3 rings (SSSR count). The number of benzene rings is 1. The van der Waals surface area contributed by atoms with E-state index >= 15 is 0 Å². The number of Topliss-reactive ketones (excluding diaryl/α,β-unsaturated/α-hetero) is 1. The fraction of sp³-hybridized carbons (Fsp3) is 0.143. The average molecular weight is 240 g/mol. The third-order valence-corrected chi connectivity index (χ3v) is 3.03. The number of carbonyl (C=O) groups is 1. The van der Waals surface area contributed by atoms with Crippen LogP contribution in [-0.2, 0) is 7.05 Å². The summed E-state index contributed by atoms with van der Waals surface area (Å²) in [6, 6.07) is 9.21. The van der Waals surface area contributed by atoms with E-state index in [1.807, 2.05) is 35.9 Å². The van der Waals surface area contributed by atoms with Gasteiger partial charge in [-0.25, -0.2) is 4.98 Å². The lowest BCUT2D eigenvalue weighted by Crippen LogP contribution is -1.94. The molecule has 3 aromatic rings. The Morgan fingerprint density at radius 3 is 2.83 bits per heavy atom. The average Bonchev–Trinajstić information content (AvgIpc) is 2.97. The van der Waals surface area contributed by atoms with Crippen LogP contribution in [0.25, 0.3) is 22.6 Å². The Morgan fingerprint density at radius 1 is 1.33 bits per heavy atom. The van der Waals surface area contributed by atoms with Gasteiger partial charge in [0.15, 0.2) is 17.4 Å². The highest BCUT2D eigenvalue weighted by atomic mass is 16.3. The van der Waals surface area contributed by atoms with Crippen LogP contribution in [0.2, 0.25) is 0 Å². The first-order valence-corrected chi connectivity index (χ1v) is 5.68. The minimum absolute atomic E-state index is 0.0534. The Bertz CT molecular complexity index is 724. The van der Waals surface area contributed by atoms with Gasteiger partial charge in [-0.05, 0) is 37.3 Å². The third kappa shape index (κ3) is 1.54. The molecule has 0 radical (unpaired) electrons. The highest BCUT2D eigenvalue weighted by molar-refractivity contribution is 5.97. The summed E-state index contributed by atoms with van der Waals surface area (Å²) in [6.07, 6.45) is 1.62. The molecule has 0 aliphatic carbocycles. The number of furan rings is 1. The fourth-order valence-electron chi connectivity index (χ4n) is 2.03. The maximum Gasteiger partial charge on any atom is 0.176 e. The molecular formula is C14H12N2O2. The number of aryl methyl sites for hydroxylation is 1. The first kappa shape index (κ1) is 10.8. The van der Waals surface area contributed by atoms with E-state index in [0.29, 0.717) is 5.56 Å². The Balaban J connectivity index is 2.25. The third-order valence-electron chi connectivity index (χ3n) is 3.03. The second-order valence-corrected chi connectivity index (χ2v) is 4.23. The summed E-state index contributed by atoms with van der Waals surface area (Å²) < 4.78 is 7.29. The molecule has 2 heterocycles. The molecule has 0 N–H and O–H groups in total. The molecule has 90 valence electrons. The van der Waals surface area contributed by atoms with Gasteiger partial charge < -0.3 is 8.98 Å². The van der Waals surface area contributed by atoms with Crippen LogP contribution in [0, 0.1) is 0 Å². The largest absolute Gasteiger partial charge is 0.461 e.